The van der Waals surface area contributed by atoms with Crippen molar-refractivity contribution in [3.63, 3.8) is 0 Å². The maximum Gasteiger partial charge on any atom is 0.242 e. The second-order valence-electron chi connectivity index (χ2n) is 7.92. The first-order chi connectivity index (χ1) is 13.8. The predicted octanol–water partition coefficient (Wildman–Crippen LogP) is 3.85. The van der Waals surface area contributed by atoms with Gasteiger partial charge in [-0.15, -0.1) is 0 Å². The van der Waals surface area contributed by atoms with E-state index in [1.54, 1.807) is 10.8 Å². The molecule has 1 fully saturated rings. The zero-order valence-electron chi connectivity index (χ0n) is 16.9. The summed E-state index contributed by atoms with van der Waals surface area (Å²) in [7, 11) is -3.56. The van der Waals surface area contributed by atoms with Gasteiger partial charge in [-0.25, -0.2) is 8.42 Å². The van der Waals surface area contributed by atoms with E-state index in [4.69, 9.17) is 0 Å². The summed E-state index contributed by atoms with van der Waals surface area (Å²) in [5, 5.41) is 0.673. The molecule has 0 bridgehead atoms. The molecule has 3 aromatic rings. The molecule has 152 valence electrons. The Morgan fingerprint density at radius 2 is 1.76 bits per heavy atom. The minimum atomic E-state index is -3.56. The molecule has 1 aliphatic rings. The van der Waals surface area contributed by atoms with E-state index in [0.29, 0.717) is 10.3 Å². The first kappa shape index (κ1) is 19.7. The van der Waals surface area contributed by atoms with E-state index < -0.39 is 9.84 Å². The van der Waals surface area contributed by atoms with Crippen LogP contribution in [0.2, 0.25) is 0 Å². The number of carbonyl (C=O) groups excluding carboxylic acids is 1. The van der Waals surface area contributed by atoms with Gasteiger partial charge in [0.1, 0.15) is 6.54 Å². The Morgan fingerprint density at radius 3 is 2.52 bits per heavy atom. The summed E-state index contributed by atoms with van der Waals surface area (Å²) in [5.41, 5.74) is 3.60. The van der Waals surface area contributed by atoms with Gasteiger partial charge in [-0.2, -0.15) is 0 Å². The third kappa shape index (κ3) is 3.94. The van der Waals surface area contributed by atoms with Crippen molar-refractivity contribution in [2.24, 2.45) is 0 Å². The first-order valence-corrected chi connectivity index (χ1v) is 11.6. The number of hydrogen-bond donors (Lipinski definition) is 0. The quantitative estimate of drug-likeness (QED) is 0.642. The Morgan fingerprint density at radius 1 is 1.03 bits per heavy atom. The molecule has 1 aliphatic heterocycles. The zero-order valence-corrected chi connectivity index (χ0v) is 17.7. The monoisotopic (exact) mass is 410 g/mol. The van der Waals surface area contributed by atoms with Crippen LogP contribution in [0.15, 0.2) is 53.6 Å². The van der Waals surface area contributed by atoms with Crippen LogP contribution in [0.25, 0.3) is 10.9 Å². The number of aromatic nitrogens is 1. The highest BCUT2D eigenvalue weighted by atomic mass is 32.2. The Kier molecular flexibility index (Phi) is 5.21. The standard InChI is InChI=1S/C23H26N2O3S/c1-17-9-10-18(2)19(13-17)16-29(27,28)22-14-25(21-8-4-3-7-20(21)22)15-23(26)24-11-5-6-12-24/h3-4,7-10,13-14H,5-6,11-12,15-16H2,1-2H3. The molecule has 2 heterocycles. The molecule has 1 saturated heterocycles. The lowest BCUT2D eigenvalue weighted by molar-refractivity contribution is -0.130. The molecule has 29 heavy (non-hydrogen) atoms. The normalized spacial score (nSPS) is 14.6. The van der Waals surface area contributed by atoms with Gasteiger partial charge >= 0.3 is 0 Å². The van der Waals surface area contributed by atoms with Crippen LogP contribution in [0.4, 0.5) is 0 Å². The highest BCUT2D eigenvalue weighted by Crippen LogP contribution is 2.29. The van der Waals surface area contributed by atoms with E-state index in [1.165, 1.54) is 0 Å². The number of likely N-dealkylation sites (tertiary alicyclic amines) is 1. The van der Waals surface area contributed by atoms with Gasteiger partial charge in [-0.05, 0) is 43.9 Å². The molecule has 0 unspecified atom stereocenters. The number of rotatable bonds is 5. The van der Waals surface area contributed by atoms with Crippen LogP contribution in [0, 0.1) is 13.8 Å². The topological polar surface area (TPSA) is 59.4 Å². The van der Waals surface area contributed by atoms with Crippen molar-refractivity contribution in [2.75, 3.05) is 13.1 Å². The summed E-state index contributed by atoms with van der Waals surface area (Å²) in [6, 6.07) is 13.3. The van der Waals surface area contributed by atoms with Gasteiger partial charge in [0.2, 0.25) is 5.91 Å². The van der Waals surface area contributed by atoms with Gasteiger partial charge in [0.15, 0.2) is 9.84 Å². The number of nitrogens with zero attached hydrogens (tertiary/aromatic N) is 2. The number of hydrogen-bond acceptors (Lipinski definition) is 3. The van der Waals surface area contributed by atoms with E-state index in [0.717, 1.165) is 48.1 Å². The lowest BCUT2D eigenvalue weighted by atomic mass is 10.1. The van der Waals surface area contributed by atoms with E-state index >= 15 is 0 Å². The maximum atomic E-state index is 13.3. The minimum Gasteiger partial charge on any atom is -0.341 e. The molecule has 0 aliphatic carbocycles. The molecule has 0 spiro atoms. The molecular formula is C23H26N2O3S. The van der Waals surface area contributed by atoms with Gasteiger partial charge < -0.3 is 9.47 Å². The number of amides is 1. The number of carbonyl (C=O) groups is 1. The summed E-state index contributed by atoms with van der Waals surface area (Å²) in [5.74, 6) is -0.00376. The van der Waals surface area contributed by atoms with Crippen LogP contribution in [-0.4, -0.2) is 36.9 Å². The van der Waals surface area contributed by atoms with E-state index in [1.807, 2.05) is 61.2 Å². The number of sulfone groups is 1. The van der Waals surface area contributed by atoms with Crippen LogP contribution in [0.5, 0.6) is 0 Å². The van der Waals surface area contributed by atoms with Crippen LogP contribution < -0.4 is 0 Å². The highest BCUT2D eigenvalue weighted by Gasteiger charge is 2.24. The molecule has 1 aromatic heterocycles. The molecule has 0 N–H and O–H groups in total. The predicted molar refractivity (Wildman–Crippen MR) is 115 cm³/mol. The second-order valence-corrected chi connectivity index (χ2v) is 9.87. The fourth-order valence-electron chi connectivity index (χ4n) is 4.04. The van der Waals surface area contributed by atoms with Crippen LogP contribution in [0.3, 0.4) is 0 Å². The van der Waals surface area contributed by atoms with Crippen molar-refractivity contribution in [3.8, 4) is 0 Å². The molecule has 4 rings (SSSR count). The van der Waals surface area contributed by atoms with Gasteiger partial charge in [0, 0.05) is 30.2 Å². The summed E-state index contributed by atoms with van der Waals surface area (Å²) in [6.45, 7) is 5.64. The van der Waals surface area contributed by atoms with Crippen LogP contribution >= 0.6 is 0 Å². The van der Waals surface area contributed by atoms with Crippen LogP contribution in [0.1, 0.15) is 29.5 Å². The van der Waals surface area contributed by atoms with Crippen molar-refractivity contribution < 1.29 is 13.2 Å². The van der Waals surface area contributed by atoms with Crippen molar-refractivity contribution in [1.82, 2.24) is 9.47 Å². The Bertz CT molecular complexity index is 1170. The van der Waals surface area contributed by atoms with Crippen LogP contribution in [-0.2, 0) is 26.9 Å². The second kappa shape index (κ2) is 7.67. The van der Waals surface area contributed by atoms with E-state index in [9.17, 15) is 13.2 Å². The summed E-state index contributed by atoms with van der Waals surface area (Å²) >= 11 is 0. The number of para-hydroxylation sites is 1. The highest BCUT2D eigenvalue weighted by molar-refractivity contribution is 7.90. The van der Waals surface area contributed by atoms with E-state index in [2.05, 4.69) is 0 Å². The van der Waals surface area contributed by atoms with Crippen molar-refractivity contribution >= 4 is 26.6 Å². The average Bonchev–Trinajstić information content (AvgIpc) is 3.34. The summed E-state index contributed by atoms with van der Waals surface area (Å²) < 4.78 is 28.4. The third-order valence-corrected chi connectivity index (χ3v) is 7.39. The summed E-state index contributed by atoms with van der Waals surface area (Å²) in [6.07, 6.45) is 3.71. The number of benzene rings is 2. The SMILES string of the molecule is Cc1ccc(C)c(CS(=O)(=O)c2cn(CC(=O)N3CCCC3)c3ccccc23)c1. The molecule has 6 heteroatoms. The lowest BCUT2D eigenvalue weighted by Crippen LogP contribution is -2.30. The molecule has 0 radical (unpaired) electrons. The smallest absolute Gasteiger partial charge is 0.242 e. The molecule has 2 aromatic carbocycles. The fraction of sp³-hybridized carbons (Fsp3) is 0.348. The molecule has 0 saturated carbocycles. The first-order valence-electron chi connectivity index (χ1n) is 10.00. The van der Waals surface area contributed by atoms with E-state index in [-0.39, 0.29) is 18.2 Å². The molecule has 1 amide bonds. The van der Waals surface area contributed by atoms with Crippen molar-refractivity contribution in [1.29, 1.82) is 0 Å². The molecular weight excluding hydrogens is 384 g/mol. The number of fused-ring (bicyclic) bond motifs is 1. The van der Waals surface area contributed by atoms with Gasteiger partial charge in [-0.3, -0.25) is 4.79 Å². The van der Waals surface area contributed by atoms with Gasteiger partial charge in [-0.1, -0.05) is 42.0 Å². The molecule has 0 atom stereocenters. The third-order valence-electron chi connectivity index (χ3n) is 5.70. The number of aryl methyl sites for hydroxylation is 2. The fourth-order valence-corrected chi connectivity index (χ4v) is 5.71. The largest absolute Gasteiger partial charge is 0.341 e. The van der Waals surface area contributed by atoms with Gasteiger partial charge in [0.05, 0.1) is 10.6 Å². The lowest BCUT2D eigenvalue weighted by Gasteiger charge is -2.15. The van der Waals surface area contributed by atoms with Gasteiger partial charge in [0.25, 0.3) is 0 Å². The molecule has 5 nitrogen and oxygen atoms in total. The zero-order chi connectivity index (χ0) is 20.6. The maximum absolute atomic E-state index is 13.3. The van der Waals surface area contributed by atoms with Crippen molar-refractivity contribution in [2.45, 2.75) is 43.9 Å². The average molecular weight is 411 g/mol. The summed E-state index contributed by atoms with van der Waals surface area (Å²) in [4.78, 5) is 14.8. The Balaban J connectivity index is 1.71. The minimum absolute atomic E-state index is 0.0433. The Hall–Kier alpha value is -2.60. The Labute approximate surface area is 171 Å². The van der Waals surface area contributed by atoms with Crippen molar-refractivity contribution in [3.05, 3.63) is 65.4 Å².